The molecule has 18 heavy (non-hydrogen) atoms. The van der Waals surface area contributed by atoms with E-state index in [4.69, 9.17) is 11.6 Å². The summed E-state index contributed by atoms with van der Waals surface area (Å²) in [5.41, 5.74) is 1.56. The smallest absolute Gasteiger partial charge is 0.259 e. The first kappa shape index (κ1) is 12.4. The number of nitrogens with one attached hydrogen (secondary N) is 1. The lowest BCUT2D eigenvalue weighted by Crippen LogP contribution is -2.13. The van der Waals surface area contributed by atoms with Crippen molar-refractivity contribution in [1.29, 1.82) is 0 Å². The van der Waals surface area contributed by atoms with E-state index in [1.54, 1.807) is 18.2 Å². The van der Waals surface area contributed by atoms with Gasteiger partial charge in [-0.1, -0.05) is 17.7 Å². The summed E-state index contributed by atoms with van der Waals surface area (Å²) < 4.78 is 0. The summed E-state index contributed by atoms with van der Waals surface area (Å²) in [5, 5.41) is 12.8. The van der Waals surface area contributed by atoms with Gasteiger partial charge in [-0.3, -0.25) is 9.78 Å². The van der Waals surface area contributed by atoms with Gasteiger partial charge in [0.05, 0.1) is 11.8 Å². The predicted molar refractivity (Wildman–Crippen MR) is 70.0 cm³/mol. The molecule has 0 radical (unpaired) electrons. The van der Waals surface area contributed by atoms with E-state index < -0.39 is 5.91 Å². The molecule has 0 aliphatic heterocycles. The molecule has 92 valence electrons. The predicted octanol–water partition coefficient (Wildman–Crippen LogP) is 3.00. The van der Waals surface area contributed by atoms with Gasteiger partial charge in [-0.25, -0.2) is 0 Å². The zero-order valence-electron chi connectivity index (χ0n) is 9.64. The second-order valence-electron chi connectivity index (χ2n) is 3.76. The molecule has 4 nitrogen and oxygen atoms in total. The van der Waals surface area contributed by atoms with Gasteiger partial charge in [0.15, 0.2) is 0 Å². The lowest BCUT2D eigenvalue weighted by Gasteiger charge is -2.09. The monoisotopic (exact) mass is 262 g/mol. The molecule has 2 N–H and O–H groups in total. The van der Waals surface area contributed by atoms with E-state index in [1.807, 2.05) is 6.92 Å². The molecule has 0 unspecified atom stereocenters. The van der Waals surface area contributed by atoms with Crippen LogP contribution in [0.1, 0.15) is 15.9 Å². The Labute approximate surface area is 109 Å². The van der Waals surface area contributed by atoms with Crippen LogP contribution in [0.4, 0.5) is 5.69 Å². The summed E-state index contributed by atoms with van der Waals surface area (Å²) >= 11 is 5.96. The van der Waals surface area contributed by atoms with Crippen molar-refractivity contribution in [2.24, 2.45) is 0 Å². The summed E-state index contributed by atoms with van der Waals surface area (Å²) in [6.45, 7) is 1.81. The maximum absolute atomic E-state index is 12.0. The zero-order chi connectivity index (χ0) is 13.1. The molecule has 0 bridgehead atoms. The molecule has 2 aromatic rings. The highest BCUT2D eigenvalue weighted by molar-refractivity contribution is 6.31. The van der Waals surface area contributed by atoms with E-state index >= 15 is 0 Å². The number of carbonyl (C=O) groups excluding carboxylic acids is 1. The van der Waals surface area contributed by atoms with E-state index in [0.29, 0.717) is 10.7 Å². The Bertz CT molecular complexity index is 599. The Morgan fingerprint density at radius 3 is 2.89 bits per heavy atom. The number of halogens is 1. The molecule has 1 aromatic heterocycles. The highest BCUT2D eigenvalue weighted by atomic mass is 35.5. The van der Waals surface area contributed by atoms with Crippen molar-refractivity contribution in [3.8, 4) is 5.75 Å². The van der Waals surface area contributed by atoms with Crippen molar-refractivity contribution in [2.75, 3.05) is 5.32 Å². The highest BCUT2D eigenvalue weighted by Gasteiger charge is 2.12. The molecule has 2 rings (SSSR count). The van der Waals surface area contributed by atoms with Gasteiger partial charge in [-0.05, 0) is 30.7 Å². The van der Waals surface area contributed by atoms with Gasteiger partial charge >= 0.3 is 0 Å². The first-order valence-electron chi connectivity index (χ1n) is 5.29. The van der Waals surface area contributed by atoms with Gasteiger partial charge in [0, 0.05) is 16.9 Å². The second-order valence-corrected chi connectivity index (χ2v) is 4.17. The fourth-order valence-electron chi connectivity index (χ4n) is 1.51. The van der Waals surface area contributed by atoms with Crippen LogP contribution in [0.5, 0.6) is 5.75 Å². The quantitative estimate of drug-likeness (QED) is 0.875. The first-order valence-corrected chi connectivity index (χ1v) is 5.67. The number of amides is 1. The second kappa shape index (κ2) is 5.06. The van der Waals surface area contributed by atoms with E-state index in [1.165, 1.54) is 18.5 Å². The average molecular weight is 263 g/mol. The fraction of sp³-hybridized carbons (Fsp3) is 0.0769. The van der Waals surface area contributed by atoms with Crippen LogP contribution < -0.4 is 5.32 Å². The summed E-state index contributed by atoms with van der Waals surface area (Å²) in [6, 6.07) is 6.69. The van der Waals surface area contributed by atoms with Gasteiger partial charge in [-0.2, -0.15) is 0 Å². The Kier molecular flexibility index (Phi) is 3.48. The molecule has 1 amide bonds. The maximum Gasteiger partial charge on any atom is 0.259 e. The third-order valence-corrected chi connectivity index (χ3v) is 2.97. The van der Waals surface area contributed by atoms with Crippen LogP contribution >= 0.6 is 11.6 Å². The summed E-state index contributed by atoms with van der Waals surface area (Å²) in [4.78, 5) is 15.7. The normalized spacial score (nSPS) is 10.1. The number of benzene rings is 1. The summed E-state index contributed by atoms with van der Waals surface area (Å²) in [7, 11) is 0. The number of hydrogen-bond donors (Lipinski definition) is 2. The molecule has 0 fully saturated rings. The molecule has 0 atom stereocenters. The highest BCUT2D eigenvalue weighted by Crippen LogP contribution is 2.24. The zero-order valence-corrected chi connectivity index (χ0v) is 10.4. The van der Waals surface area contributed by atoms with Crippen LogP contribution in [0.15, 0.2) is 36.7 Å². The summed E-state index contributed by atoms with van der Waals surface area (Å²) in [5.74, 6) is -0.560. The van der Waals surface area contributed by atoms with E-state index in [2.05, 4.69) is 10.3 Å². The minimum absolute atomic E-state index is 0.158. The topological polar surface area (TPSA) is 62.2 Å². The third kappa shape index (κ3) is 2.43. The van der Waals surface area contributed by atoms with Crippen molar-refractivity contribution in [3.05, 3.63) is 52.8 Å². The van der Waals surface area contributed by atoms with Gasteiger partial charge in [0.2, 0.25) is 0 Å². The molecule has 0 saturated carbocycles. The minimum atomic E-state index is -0.403. The number of anilines is 1. The molecule has 0 aliphatic rings. The Hall–Kier alpha value is -2.07. The lowest BCUT2D eigenvalue weighted by molar-refractivity contribution is 0.102. The fourth-order valence-corrected chi connectivity index (χ4v) is 1.69. The van der Waals surface area contributed by atoms with Crippen LogP contribution in [0.2, 0.25) is 5.02 Å². The third-order valence-electron chi connectivity index (χ3n) is 2.56. The van der Waals surface area contributed by atoms with Crippen LogP contribution in [0, 0.1) is 6.92 Å². The van der Waals surface area contributed by atoms with E-state index in [0.717, 1.165) is 5.56 Å². The molecule has 0 saturated heterocycles. The molecule has 5 heteroatoms. The summed E-state index contributed by atoms with van der Waals surface area (Å²) in [6.07, 6.45) is 2.67. The molecule has 1 aromatic carbocycles. The first-order chi connectivity index (χ1) is 8.59. The van der Waals surface area contributed by atoms with E-state index in [-0.39, 0.29) is 11.3 Å². The standard InChI is InChI=1S/C13H11ClN2O2/c1-8-10(14)3-2-4-11(8)16-13(18)9-5-6-15-7-12(9)17/h2-7,17H,1H3,(H,16,18). The van der Waals surface area contributed by atoms with E-state index in [9.17, 15) is 9.90 Å². The van der Waals surface area contributed by atoms with Crippen molar-refractivity contribution in [2.45, 2.75) is 6.92 Å². The Morgan fingerprint density at radius 2 is 2.17 bits per heavy atom. The number of nitrogens with zero attached hydrogens (tertiary/aromatic N) is 1. The van der Waals surface area contributed by atoms with Crippen LogP contribution in [-0.2, 0) is 0 Å². The maximum atomic E-state index is 12.0. The number of aromatic nitrogens is 1. The minimum Gasteiger partial charge on any atom is -0.505 e. The SMILES string of the molecule is Cc1c(Cl)cccc1NC(=O)c1ccncc1O. The molecular weight excluding hydrogens is 252 g/mol. The number of aromatic hydroxyl groups is 1. The molecular formula is C13H11ClN2O2. The molecule has 1 heterocycles. The van der Waals surface area contributed by atoms with Gasteiger partial charge in [0.25, 0.3) is 5.91 Å². The van der Waals surface area contributed by atoms with Gasteiger partial charge < -0.3 is 10.4 Å². The van der Waals surface area contributed by atoms with Gasteiger partial charge in [0.1, 0.15) is 5.75 Å². The molecule has 0 aliphatic carbocycles. The Morgan fingerprint density at radius 1 is 1.39 bits per heavy atom. The largest absolute Gasteiger partial charge is 0.505 e. The van der Waals surface area contributed by atoms with Crippen molar-refractivity contribution in [1.82, 2.24) is 4.98 Å². The Balaban J connectivity index is 2.27. The lowest BCUT2D eigenvalue weighted by atomic mass is 10.1. The van der Waals surface area contributed by atoms with Crippen LogP contribution in [0.25, 0.3) is 0 Å². The van der Waals surface area contributed by atoms with Crippen molar-refractivity contribution in [3.63, 3.8) is 0 Å². The number of pyridine rings is 1. The average Bonchev–Trinajstić information content (AvgIpc) is 2.35. The van der Waals surface area contributed by atoms with Crippen LogP contribution in [-0.4, -0.2) is 16.0 Å². The van der Waals surface area contributed by atoms with Crippen molar-refractivity contribution < 1.29 is 9.90 Å². The number of rotatable bonds is 2. The molecule has 0 spiro atoms. The number of carbonyl (C=O) groups is 1. The van der Waals surface area contributed by atoms with Gasteiger partial charge in [-0.15, -0.1) is 0 Å². The van der Waals surface area contributed by atoms with Crippen LogP contribution in [0.3, 0.4) is 0 Å². The number of hydrogen-bond acceptors (Lipinski definition) is 3. The van der Waals surface area contributed by atoms with Crippen molar-refractivity contribution >= 4 is 23.2 Å².